The Labute approximate surface area is 168 Å². The van der Waals surface area contributed by atoms with E-state index in [1.807, 2.05) is 48.2 Å². The fraction of sp³-hybridized carbons (Fsp3) is 0.318. The molecular weight excluding hydrogens is 379 g/mol. The van der Waals surface area contributed by atoms with Gasteiger partial charge in [-0.15, -0.1) is 0 Å². The molecule has 0 bridgehead atoms. The van der Waals surface area contributed by atoms with Crippen LogP contribution in [0.1, 0.15) is 11.1 Å². The van der Waals surface area contributed by atoms with Gasteiger partial charge in [-0.25, -0.2) is 0 Å². The Morgan fingerprint density at radius 3 is 2.52 bits per heavy atom. The molecule has 2 aromatic carbocycles. The van der Waals surface area contributed by atoms with Crippen LogP contribution in [-0.2, 0) is 17.4 Å². The Bertz CT molecular complexity index is 876. The Morgan fingerprint density at radius 2 is 1.86 bits per heavy atom. The van der Waals surface area contributed by atoms with Crippen molar-refractivity contribution in [3.63, 3.8) is 0 Å². The molecule has 0 fully saturated rings. The number of nitrogens with zero attached hydrogens (tertiary/aromatic N) is 2. The number of amides is 1. The van der Waals surface area contributed by atoms with Crippen molar-refractivity contribution in [1.29, 1.82) is 0 Å². The minimum atomic E-state index is -4.37. The van der Waals surface area contributed by atoms with Crippen LogP contribution in [0.4, 0.5) is 24.5 Å². The van der Waals surface area contributed by atoms with Crippen molar-refractivity contribution in [3.05, 3.63) is 71.8 Å². The van der Waals surface area contributed by atoms with Gasteiger partial charge in [0, 0.05) is 30.5 Å². The number of likely N-dealkylation sites (N-methyl/N-ethyl adjacent to an activating group) is 1. The molecule has 0 saturated carbocycles. The summed E-state index contributed by atoms with van der Waals surface area (Å²) < 4.78 is 38.7. The molecule has 1 amide bonds. The topological polar surface area (TPSA) is 35.6 Å². The van der Waals surface area contributed by atoms with Crippen LogP contribution in [0.25, 0.3) is 0 Å². The highest BCUT2D eigenvalue weighted by Crippen LogP contribution is 2.35. The summed E-state index contributed by atoms with van der Waals surface area (Å²) in [6, 6.07) is 12.7. The highest BCUT2D eigenvalue weighted by molar-refractivity contribution is 5.88. The molecule has 29 heavy (non-hydrogen) atoms. The number of carbonyl (C=O) groups excluding carboxylic acids is 1. The summed E-state index contributed by atoms with van der Waals surface area (Å²) in [5.74, 6) is -0.177. The number of hydrogen-bond donors (Lipinski definition) is 1. The fourth-order valence-corrected chi connectivity index (χ4v) is 3.39. The Morgan fingerprint density at radius 1 is 1.17 bits per heavy atom. The van der Waals surface area contributed by atoms with Gasteiger partial charge in [0.1, 0.15) is 0 Å². The van der Waals surface area contributed by atoms with Gasteiger partial charge in [-0.2, -0.15) is 13.2 Å². The van der Waals surface area contributed by atoms with Gasteiger partial charge in [-0.3, -0.25) is 4.79 Å². The highest BCUT2D eigenvalue weighted by Gasteiger charge is 2.31. The summed E-state index contributed by atoms with van der Waals surface area (Å²) in [5.41, 5.74) is 1.97. The van der Waals surface area contributed by atoms with Gasteiger partial charge >= 0.3 is 6.18 Å². The first-order valence-electron chi connectivity index (χ1n) is 9.38. The number of nitrogens with one attached hydrogen (secondary N) is 1. The highest BCUT2D eigenvalue weighted by atomic mass is 19.4. The maximum atomic E-state index is 12.9. The number of fused-ring (bicyclic) bond motifs is 1. The maximum Gasteiger partial charge on any atom is 0.416 e. The number of benzene rings is 2. The van der Waals surface area contributed by atoms with Crippen LogP contribution in [0, 0.1) is 0 Å². The first kappa shape index (κ1) is 20.9. The largest absolute Gasteiger partial charge is 0.416 e. The lowest BCUT2D eigenvalue weighted by Gasteiger charge is -2.36. The molecule has 0 radical (unpaired) electrons. The van der Waals surface area contributed by atoms with Gasteiger partial charge in [0.15, 0.2) is 0 Å². The quantitative estimate of drug-likeness (QED) is 0.767. The van der Waals surface area contributed by atoms with Crippen LogP contribution in [-0.4, -0.2) is 44.0 Å². The fourth-order valence-electron chi connectivity index (χ4n) is 3.39. The van der Waals surface area contributed by atoms with Gasteiger partial charge in [-0.05, 0) is 56.4 Å². The number of para-hydroxylation sites is 1. The third-order valence-corrected chi connectivity index (χ3v) is 4.74. The number of hydrogen-bond acceptors (Lipinski definition) is 3. The minimum Gasteiger partial charge on any atom is -0.348 e. The van der Waals surface area contributed by atoms with Gasteiger partial charge in [-0.1, -0.05) is 24.3 Å². The zero-order chi connectivity index (χ0) is 21.0. The Balaban J connectivity index is 1.80. The second-order valence-corrected chi connectivity index (χ2v) is 7.36. The molecule has 1 unspecified atom stereocenters. The first-order valence-corrected chi connectivity index (χ1v) is 9.38. The van der Waals surface area contributed by atoms with E-state index in [9.17, 15) is 18.0 Å². The number of rotatable bonds is 5. The van der Waals surface area contributed by atoms with Crippen LogP contribution in [0.2, 0.25) is 0 Å². The summed E-state index contributed by atoms with van der Waals surface area (Å²) in [6.07, 6.45) is -0.392. The van der Waals surface area contributed by atoms with Crippen molar-refractivity contribution in [2.75, 3.05) is 32.1 Å². The molecule has 1 aliphatic heterocycles. The predicted octanol–water partition coefficient (Wildman–Crippen LogP) is 4.00. The van der Waals surface area contributed by atoms with Gasteiger partial charge < -0.3 is 15.1 Å². The van der Waals surface area contributed by atoms with Gasteiger partial charge in [0.25, 0.3) is 0 Å². The Hall–Kier alpha value is -2.80. The molecule has 0 aromatic heterocycles. The summed E-state index contributed by atoms with van der Waals surface area (Å²) >= 11 is 0. The van der Waals surface area contributed by atoms with E-state index in [-0.39, 0.29) is 11.9 Å². The minimum absolute atomic E-state index is 0.149. The van der Waals surface area contributed by atoms with Crippen molar-refractivity contribution < 1.29 is 18.0 Å². The molecule has 0 saturated heterocycles. The molecule has 4 nitrogen and oxygen atoms in total. The van der Waals surface area contributed by atoms with E-state index in [0.29, 0.717) is 25.2 Å². The molecule has 0 spiro atoms. The zero-order valence-electron chi connectivity index (χ0n) is 16.4. The van der Waals surface area contributed by atoms with Crippen molar-refractivity contribution in [2.45, 2.75) is 18.6 Å². The van der Waals surface area contributed by atoms with Crippen molar-refractivity contribution >= 4 is 17.3 Å². The van der Waals surface area contributed by atoms with Crippen molar-refractivity contribution in [1.82, 2.24) is 10.2 Å². The van der Waals surface area contributed by atoms with Crippen molar-refractivity contribution in [2.24, 2.45) is 0 Å². The van der Waals surface area contributed by atoms with E-state index in [1.54, 1.807) is 6.08 Å². The van der Waals surface area contributed by atoms with E-state index >= 15 is 0 Å². The second-order valence-electron chi connectivity index (χ2n) is 7.36. The number of carbonyl (C=O) groups is 1. The molecule has 3 rings (SSSR count). The SMILES string of the molecule is CN(C)C/C=C/C(=O)NC1Cc2ccccc2N(c2ccc(C(F)(F)F)cc2)C1. The van der Waals surface area contributed by atoms with Gasteiger partial charge in [0.05, 0.1) is 11.6 Å². The van der Waals surface area contributed by atoms with Crippen LogP contribution in [0.3, 0.4) is 0 Å². The van der Waals surface area contributed by atoms with Crippen LogP contribution in [0.15, 0.2) is 60.7 Å². The molecule has 0 aliphatic carbocycles. The molecule has 1 heterocycles. The molecule has 1 N–H and O–H groups in total. The zero-order valence-corrected chi connectivity index (χ0v) is 16.4. The predicted molar refractivity (Wildman–Crippen MR) is 108 cm³/mol. The first-order chi connectivity index (χ1) is 13.7. The van der Waals surface area contributed by atoms with Crippen molar-refractivity contribution in [3.8, 4) is 0 Å². The average Bonchev–Trinajstić information content (AvgIpc) is 2.66. The standard InChI is InChI=1S/C22H24F3N3O/c1-27(2)13-5-8-21(29)26-18-14-16-6-3-4-7-20(16)28(15-18)19-11-9-17(10-12-19)22(23,24)25/h3-12,18H,13-15H2,1-2H3,(H,26,29)/b8-5+. The third kappa shape index (κ3) is 5.38. The lowest BCUT2D eigenvalue weighted by atomic mass is 9.97. The summed E-state index contributed by atoms with van der Waals surface area (Å²) in [6.45, 7) is 1.15. The molecule has 2 aromatic rings. The van der Waals surface area contributed by atoms with Crippen LogP contribution < -0.4 is 10.2 Å². The van der Waals surface area contributed by atoms with E-state index in [1.165, 1.54) is 18.2 Å². The molecule has 1 atom stereocenters. The molecule has 154 valence electrons. The van der Waals surface area contributed by atoms with E-state index in [0.717, 1.165) is 23.4 Å². The summed E-state index contributed by atoms with van der Waals surface area (Å²) in [5, 5.41) is 3.00. The number of halogens is 3. The lowest BCUT2D eigenvalue weighted by molar-refractivity contribution is -0.137. The normalized spacial score (nSPS) is 16.9. The molecular formula is C22H24F3N3O. The molecule has 1 aliphatic rings. The van der Waals surface area contributed by atoms with E-state index in [4.69, 9.17) is 0 Å². The Kier molecular flexibility index (Phi) is 6.27. The lowest BCUT2D eigenvalue weighted by Crippen LogP contribution is -2.46. The van der Waals surface area contributed by atoms with Gasteiger partial charge in [0.2, 0.25) is 5.91 Å². The monoisotopic (exact) mass is 403 g/mol. The maximum absolute atomic E-state index is 12.9. The third-order valence-electron chi connectivity index (χ3n) is 4.74. The smallest absolute Gasteiger partial charge is 0.348 e. The van der Waals surface area contributed by atoms with E-state index in [2.05, 4.69) is 5.32 Å². The van der Waals surface area contributed by atoms with Crippen LogP contribution in [0.5, 0.6) is 0 Å². The summed E-state index contributed by atoms with van der Waals surface area (Å²) in [4.78, 5) is 16.1. The average molecular weight is 403 g/mol. The number of alkyl halides is 3. The number of anilines is 2. The van der Waals surface area contributed by atoms with Crippen LogP contribution >= 0.6 is 0 Å². The second kappa shape index (κ2) is 8.69. The van der Waals surface area contributed by atoms with E-state index < -0.39 is 11.7 Å². The molecule has 7 heteroatoms. The summed E-state index contributed by atoms with van der Waals surface area (Å²) in [7, 11) is 3.84.